The lowest BCUT2D eigenvalue weighted by molar-refractivity contribution is -0.326. The summed E-state index contributed by atoms with van der Waals surface area (Å²) in [5, 5.41) is 44.8. The third kappa shape index (κ3) is 6.09. The molecule has 3 aliphatic heterocycles. The second-order valence-corrected chi connectivity index (χ2v) is 10.6. The molecule has 5 N–H and O–H groups in total. The zero-order chi connectivity index (χ0) is 32.5. The zero-order valence-electron chi connectivity index (χ0n) is 24.2. The number of carboxylic acids is 1. The molecule has 1 saturated heterocycles. The van der Waals surface area contributed by atoms with Gasteiger partial charge in [-0.2, -0.15) is 0 Å². The highest BCUT2D eigenvalue weighted by Gasteiger charge is 2.49. The normalized spacial score (nSPS) is 24.3. The highest BCUT2D eigenvalue weighted by molar-refractivity contribution is 5.98. The van der Waals surface area contributed by atoms with Gasteiger partial charge in [-0.05, 0) is 43.0 Å². The Morgan fingerprint density at radius 2 is 1.93 bits per heavy atom. The fourth-order valence-electron chi connectivity index (χ4n) is 5.20. The van der Waals surface area contributed by atoms with Gasteiger partial charge in [0.15, 0.2) is 11.5 Å². The highest BCUT2D eigenvalue weighted by atomic mass is 16.8. The third-order valence-electron chi connectivity index (χ3n) is 7.65. The Balaban J connectivity index is 1.25. The Bertz CT molecular complexity index is 1800. The summed E-state index contributed by atoms with van der Waals surface area (Å²) in [6.07, 6.45) is -0.956. The third-order valence-corrected chi connectivity index (χ3v) is 7.65. The molecule has 0 saturated carbocycles. The minimum absolute atomic E-state index is 0.0539. The van der Waals surface area contributed by atoms with E-state index in [0.29, 0.717) is 17.8 Å². The van der Waals surface area contributed by atoms with Crippen LogP contribution in [0.2, 0.25) is 0 Å². The zero-order valence-corrected chi connectivity index (χ0v) is 24.2. The molecule has 1 aromatic heterocycles. The topological polar surface area (TPSA) is 210 Å². The number of ether oxygens (including phenoxy) is 3. The monoisotopic (exact) mass is 635 g/mol. The number of phenols is 1. The van der Waals surface area contributed by atoms with E-state index >= 15 is 0 Å². The molecule has 1 fully saturated rings. The molecule has 46 heavy (non-hydrogen) atoms. The number of fused-ring (bicyclic) bond motifs is 2. The fourth-order valence-corrected chi connectivity index (χ4v) is 5.20. The number of nitrogens with zero attached hydrogens (tertiary/aromatic N) is 2. The van der Waals surface area contributed by atoms with E-state index < -0.39 is 55.3 Å². The molecule has 0 spiro atoms. The van der Waals surface area contributed by atoms with Crippen LogP contribution in [-0.4, -0.2) is 101 Å². The van der Waals surface area contributed by atoms with Crippen LogP contribution in [0.5, 0.6) is 11.5 Å². The van der Waals surface area contributed by atoms with Crippen molar-refractivity contribution in [1.82, 2.24) is 10.4 Å². The SMILES string of the molecule is CNC(C(=O)O)C(=O)OCC1OC(Oc2ccc3c(=O)c(-c4ccc(O)cc4)coc3c2)C(ON2C=C3N=CC=C3C2)C(O)C1O. The van der Waals surface area contributed by atoms with E-state index in [4.69, 9.17) is 23.5 Å². The van der Waals surface area contributed by atoms with Crippen molar-refractivity contribution in [3.05, 3.63) is 82.5 Å². The molecular weight excluding hydrogens is 606 g/mol. The van der Waals surface area contributed by atoms with E-state index in [2.05, 4.69) is 10.3 Å². The van der Waals surface area contributed by atoms with E-state index in [0.717, 1.165) is 5.57 Å². The smallest absolute Gasteiger partial charge is 0.334 e. The van der Waals surface area contributed by atoms with E-state index in [-0.39, 0.29) is 33.5 Å². The van der Waals surface area contributed by atoms with Crippen LogP contribution in [0.1, 0.15) is 0 Å². The maximum Gasteiger partial charge on any atom is 0.334 e. The lowest BCUT2D eigenvalue weighted by Gasteiger charge is -2.42. The molecule has 15 nitrogen and oxygen atoms in total. The van der Waals surface area contributed by atoms with Crippen molar-refractivity contribution in [2.45, 2.75) is 36.7 Å². The molecule has 6 atom stereocenters. The average molecular weight is 636 g/mol. The number of carbonyl (C=O) groups is 2. The van der Waals surface area contributed by atoms with Crippen molar-refractivity contribution < 1.29 is 53.5 Å². The molecule has 15 heteroatoms. The minimum atomic E-state index is -1.66. The Kier molecular flexibility index (Phi) is 8.57. The van der Waals surface area contributed by atoms with Gasteiger partial charge in [0, 0.05) is 17.9 Å². The second kappa shape index (κ2) is 12.7. The average Bonchev–Trinajstić information content (AvgIpc) is 3.63. The maximum absolute atomic E-state index is 13.2. The number of likely N-dealkylation sites (N-methyl/N-ethyl adjacent to an activating group) is 1. The van der Waals surface area contributed by atoms with Gasteiger partial charge in [-0.1, -0.05) is 12.1 Å². The number of esters is 1. The summed E-state index contributed by atoms with van der Waals surface area (Å²) in [7, 11) is 1.27. The number of aromatic hydroxyl groups is 1. The Morgan fingerprint density at radius 3 is 2.65 bits per heavy atom. The molecule has 0 amide bonds. The number of hydroxylamine groups is 2. The van der Waals surface area contributed by atoms with Crippen molar-refractivity contribution in [1.29, 1.82) is 0 Å². The number of phenolic OH excluding ortho intramolecular Hbond substituents is 1. The number of allylic oxidation sites excluding steroid dienone is 1. The predicted octanol–water partition coefficient (Wildman–Crippen LogP) is 0.675. The molecule has 2 aromatic carbocycles. The summed E-state index contributed by atoms with van der Waals surface area (Å²) in [4.78, 5) is 47.0. The number of hydrogen-bond acceptors (Lipinski definition) is 14. The van der Waals surface area contributed by atoms with Crippen LogP contribution in [0.25, 0.3) is 22.1 Å². The second-order valence-electron chi connectivity index (χ2n) is 10.6. The summed E-state index contributed by atoms with van der Waals surface area (Å²) in [6.45, 7) is -0.315. The highest BCUT2D eigenvalue weighted by Crippen LogP contribution is 2.32. The molecule has 0 bridgehead atoms. The van der Waals surface area contributed by atoms with Crippen molar-refractivity contribution in [2.24, 2.45) is 4.99 Å². The van der Waals surface area contributed by atoms with Crippen molar-refractivity contribution in [3.8, 4) is 22.6 Å². The predicted molar refractivity (Wildman–Crippen MR) is 159 cm³/mol. The summed E-state index contributed by atoms with van der Waals surface area (Å²) in [5.41, 5.74) is 2.24. The van der Waals surface area contributed by atoms with E-state index in [9.17, 15) is 34.8 Å². The fraction of sp³-hybridized carbons (Fsp3) is 0.290. The number of rotatable bonds is 10. The summed E-state index contributed by atoms with van der Waals surface area (Å²) in [5.74, 6) is -2.39. The van der Waals surface area contributed by atoms with Crippen LogP contribution in [0, 0.1) is 0 Å². The summed E-state index contributed by atoms with van der Waals surface area (Å²) in [6, 6.07) is 8.85. The number of hydrogen-bond donors (Lipinski definition) is 5. The van der Waals surface area contributed by atoms with E-state index in [1.165, 1.54) is 48.7 Å². The first-order valence-electron chi connectivity index (χ1n) is 14.1. The van der Waals surface area contributed by atoms with Crippen LogP contribution >= 0.6 is 0 Å². The van der Waals surface area contributed by atoms with Gasteiger partial charge < -0.3 is 39.1 Å². The van der Waals surface area contributed by atoms with Gasteiger partial charge in [-0.15, -0.1) is 0 Å². The van der Waals surface area contributed by atoms with Gasteiger partial charge in [0.1, 0.15) is 48.3 Å². The maximum atomic E-state index is 13.2. The van der Waals surface area contributed by atoms with E-state index in [1.807, 2.05) is 6.08 Å². The molecule has 0 radical (unpaired) electrons. The van der Waals surface area contributed by atoms with E-state index in [1.54, 1.807) is 24.5 Å². The number of aliphatic carboxylic acids is 1. The molecule has 0 aliphatic carbocycles. The summed E-state index contributed by atoms with van der Waals surface area (Å²) < 4.78 is 22.8. The quantitative estimate of drug-likeness (QED) is 0.153. The molecule has 3 aromatic rings. The Labute approximate surface area is 260 Å². The molecular formula is C31H29N3O12. The van der Waals surface area contributed by atoms with Crippen molar-refractivity contribution >= 4 is 29.1 Å². The first-order valence-corrected chi connectivity index (χ1v) is 14.1. The largest absolute Gasteiger partial charge is 0.508 e. The molecule has 4 heterocycles. The van der Waals surface area contributed by atoms with Crippen LogP contribution < -0.4 is 15.5 Å². The van der Waals surface area contributed by atoms with Crippen LogP contribution in [-0.2, 0) is 23.9 Å². The number of nitrogens with one attached hydrogen (secondary N) is 1. The summed E-state index contributed by atoms with van der Waals surface area (Å²) >= 11 is 0. The van der Waals surface area contributed by atoms with Crippen molar-refractivity contribution in [3.63, 3.8) is 0 Å². The Hall–Kier alpha value is -5.06. The lowest BCUT2D eigenvalue weighted by Crippen LogP contribution is -2.62. The van der Waals surface area contributed by atoms with Gasteiger partial charge in [0.25, 0.3) is 0 Å². The number of aliphatic imine (C=N–C) groups is 1. The molecule has 240 valence electrons. The first kappa shape index (κ1) is 30.9. The minimum Gasteiger partial charge on any atom is -0.508 e. The van der Waals surface area contributed by atoms with Gasteiger partial charge in [0.05, 0.1) is 29.4 Å². The number of aliphatic hydroxyl groups excluding tert-OH is 2. The number of carboxylic acid groups (broad SMARTS) is 1. The van der Waals surface area contributed by atoms with Gasteiger partial charge in [0.2, 0.25) is 12.3 Å². The molecule has 3 aliphatic rings. The molecule has 6 unspecified atom stereocenters. The first-order chi connectivity index (χ1) is 22.1. The Morgan fingerprint density at radius 1 is 1.15 bits per heavy atom. The van der Waals surface area contributed by atoms with Gasteiger partial charge in [-0.25, -0.2) is 9.59 Å². The van der Waals surface area contributed by atoms with Crippen molar-refractivity contribution in [2.75, 3.05) is 20.2 Å². The molecule has 6 rings (SSSR count). The number of aliphatic hydroxyl groups is 2. The van der Waals surface area contributed by atoms with Crippen LogP contribution in [0.4, 0.5) is 0 Å². The number of benzene rings is 2. The lowest BCUT2D eigenvalue weighted by atomic mass is 9.99. The van der Waals surface area contributed by atoms with Gasteiger partial charge >= 0.3 is 11.9 Å². The number of carbonyl (C=O) groups excluding carboxylic acids is 1. The van der Waals surface area contributed by atoms with Crippen LogP contribution in [0.3, 0.4) is 0 Å². The van der Waals surface area contributed by atoms with Gasteiger partial charge in [-0.3, -0.25) is 25.0 Å². The van der Waals surface area contributed by atoms with Crippen LogP contribution in [0.15, 0.2) is 86.5 Å². The standard InChI is InChI=1S/C31H29N3O12/c1-32-24(29(39)40)30(41)43-14-23-26(37)27(38)28(46-34-11-16-8-9-33-21(16)12-34)31(45-23)44-18-6-7-19-22(10-18)42-13-20(25(19)36)15-2-4-17(35)5-3-15/h2-10,12-13,23-24,26-28,31-32,35,37-38H,11,14H2,1H3,(H,39,40).